The molecule has 4 rings (SSSR count). The number of hydrogen-bond acceptors (Lipinski definition) is 2. The molecule has 0 radical (unpaired) electrons. The molecule has 0 atom stereocenters. The number of benzene rings is 1. The Hall–Kier alpha value is -1.48. The van der Waals surface area contributed by atoms with Gasteiger partial charge in [0.25, 0.3) is 0 Å². The van der Waals surface area contributed by atoms with Gasteiger partial charge >= 0.3 is 0 Å². The van der Waals surface area contributed by atoms with E-state index in [1.807, 2.05) is 6.07 Å². The number of aromatic amines is 1. The number of methoxy groups -OCH3 is 1. The Labute approximate surface area is 100 Å². The van der Waals surface area contributed by atoms with Gasteiger partial charge in [0.2, 0.25) is 0 Å². The standard InChI is InChI=1S/C14H16N2O/c1-17-9-2-3-11-10(6-9)13-12(16-11)7-15-8-14(13)4-5-14/h2-3,6,15-16H,4-5,7-8H2,1H3. The van der Waals surface area contributed by atoms with Crippen molar-refractivity contribution in [2.75, 3.05) is 13.7 Å². The zero-order valence-corrected chi connectivity index (χ0v) is 9.97. The molecule has 1 fully saturated rings. The van der Waals surface area contributed by atoms with E-state index in [0.717, 1.165) is 18.8 Å². The Balaban J connectivity index is 2.02. The summed E-state index contributed by atoms with van der Waals surface area (Å²) in [6, 6.07) is 6.33. The molecule has 1 saturated carbocycles. The molecule has 1 aromatic heterocycles. The zero-order valence-electron chi connectivity index (χ0n) is 9.97. The summed E-state index contributed by atoms with van der Waals surface area (Å²) in [5.74, 6) is 0.952. The molecule has 2 aliphatic rings. The van der Waals surface area contributed by atoms with Crippen molar-refractivity contribution < 1.29 is 4.74 Å². The Morgan fingerprint density at radius 2 is 2.18 bits per heavy atom. The SMILES string of the molecule is COc1ccc2[nH]c3c(c2c1)C1(CC1)CNC3. The molecule has 17 heavy (non-hydrogen) atoms. The predicted octanol–water partition coefficient (Wildman–Crippen LogP) is 2.31. The summed E-state index contributed by atoms with van der Waals surface area (Å²) >= 11 is 0. The van der Waals surface area contributed by atoms with Crippen molar-refractivity contribution in [2.24, 2.45) is 0 Å². The van der Waals surface area contributed by atoms with E-state index in [1.165, 1.54) is 29.4 Å². The molecule has 1 spiro atoms. The highest BCUT2D eigenvalue weighted by molar-refractivity contribution is 5.88. The molecule has 1 aliphatic heterocycles. The molecule has 0 bridgehead atoms. The summed E-state index contributed by atoms with van der Waals surface area (Å²) in [4.78, 5) is 3.54. The number of hydrogen-bond donors (Lipinski definition) is 2. The van der Waals surface area contributed by atoms with Crippen molar-refractivity contribution in [2.45, 2.75) is 24.8 Å². The Bertz CT molecular complexity index is 596. The van der Waals surface area contributed by atoms with Gasteiger partial charge in [-0.25, -0.2) is 0 Å². The van der Waals surface area contributed by atoms with Gasteiger partial charge in [0.1, 0.15) is 5.75 Å². The topological polar surface area (TPSA) is 37.0 Å². The lowest BCUT2D eigenvalue weighted by Crippen LogP contribution is -2.32. The van der Waals surface area contributed by atoms with E-state index in [9.17, 15) is 0 Å². The van der Waals surface area contributed by atoms with Crippen molar-refractivity contribution in [1.82, 2.24) is 10.3 Å². The maximum absolute atomic E-state index is 5.34. The number of ether oxygens (including phenoxy) is 1. The van der Waals surface area contributed by atoms with Crippen molar-refractivity contribution in [3.63, 3.8) is 0 Å². The first-order valence-electron chi connectivity index (χ1n) is 6.22. The Morgan fingerprint density at radius 1 is 1.29 bits per heavy atom. The van der Waals surface area contributed by atoms with Crippen molar-refractivity contribution in [1.29, 1.82) is 0 Å². The minimum Gasteiger partial charge on any atom is -0.497 e. The van der Waals surface area contributed by atoms with Crippen LogP contribution in [0.3, 0.4) is 0 Å². The largest absolute Gasteiger partial charge is 0.497 e. The average Bonchev–Trinajstić information content (AvgIpc) is 3.01. The molecule has 2 aromatic rings. The summed E-state index contributed by atoms with van der Waals surface area (Å²) < 4.78 is 5.34. The molecule has 2 N–H and O–H groups in total. The van der Waals surface area contributed by atoms with Gasteiger partial charge in [0.15, 0.2) is 0 Å². The molecule has 1 aliphatic carbocycles. The number of nitrogens with one attached hydrogen (secondary N) is 2. The van der Waals surface area contributed by atoms with Crippen LogP contribution in [0.2, 0.25) is 0 Å². The minimum atomic E-state index is 0.415. The van der Waals surface area contributed by atoms with Crippen molar-refractivity contribution >= 4 is 10.9 Å². The van der Waals surface area contributed by atoms with Crippen LogP contribution in [0.15, 0.2) is 18.2 Å². The van der Waals surface area contributed by atoms with Gasteiger partial charge in [-0.1, -0.05) is 0 Å². The lowest BCUT2D eigenvalue weighted by atomic mass is 9.90. The molecule has 0 saturated heterocycles. The fourth-order valence-corrected chi connectivity index (χ4v) is 3.18. The van der Waals surface area contributed by atoms with Gasteiger partial charge in [-0.3, -0.25) is 0 Å². The maximum Gasteiger partial charge on any atom is 0.119 e. The van der Waals surface area contributed by atoms with E-state index in [0.29, 0.717) is 5.41 Å². The molecular formula is C14H16N2O. The third-order valence-electron chi connectivity index (χ3n) is 4.23. The number of H-pyrrole nitrogens is 1. The quantitative estimate of drug-likeness (QED) is 0.786. The normalized spacial score (nSPS) is 20.5. The first kappa shape index (κ1) is 9.54. The van der Waals surface area contributed by atoms with Gasteiger partial charge < -0.3 is 15.0 Å². The Morgan fingerprint density at radius 3 is 2.94 bits per heavy atom. The highest BCUT2D eigenvalue weighted by Gasteiger charge is 2.48. The van der Waals surface area contributed by atoms with Crippen LogP contribution in [-0.2, 0) is 12.0 Å². The second-order valence-electron chi connectivity index (χ2n) is 5.27. The van der Waals surface area contributed by atoms with Crippen LogP contribution in [0.25, 0.3) is 10.9 Å². The summed E-state index contributed by atoms with van der Waals surface area (Å²) in [6.45, 7) is 2.10. The first-order valence-corrected chi connectivity index (χ1v) is 6.22. The predicted molar refractivity (Wildman–Crippen MR) is 67.5 cm³/mol. The number of fused-ring (bicyclic) bond motifs is 4. The fraction of sp³-hybridized carbons (Fsp3) is 0.429. The zero-order chi connectivity index (χ0) is 11.5. The summed E-state index contributed by atoms with van der Waals surface area (Å²) in [5.41, 5.74) is 4.57. The van der Waals surface area contributed by atoms with Gasteiger partial charge in [-0.05, 0) is 36.6 Å². The Kier molecular flexibility index (Phi) is 1.71. The molecular weight excluding hydrogens is 212 g/mol. The minimum absolute atomic E-state index is 0.415. The van der Waals surface area contributed by atoms with Gasteiger partial charge in [-0.2, -0.15) is 0 Å². The van der Waals surface area contributed by atoms with Gasteiger partial charge in [0, 0.05) is 35.1 Å². The molecule has 1 aromatic carbocycles. The van der Waals surface area contributed by atoms with Crippen LogP contribution < -0.4 is 10.1 Å². The van der Waals surface area contributed by atoms with E-state index in [-0.39, 0.29) is 0 Å². The molecule has 3 nitrogen and oxygen atoms in total. The average molecular weight is 228 g/mol. The van der Waals surface area contributed by atoms with Crippen LogP contribution in [0.4, 0.5) is 0 Å². The first-order chi connectivity index (χ1) is 8.32. The van der Waals surface area contributed by atoms with Crippen LogP contribution in [-0.4, -0.2) is 18.6 Å². The highest BCUT2D eigenvalue weighted by Crippen LogP contribution is 2.53. The molecule has 0 unspecified atom stereocenters. The molecule has 2 heterocycles. The smallest absolute Gasteiger partial charge is 0.119 e. The van der Waals surface area contributed by atoms with Crippen LogP contribution in [0.5, 0.6) is 5.75 Å². The van der Waals surface area contributed by atoms with E-state index >= 15 is 0 Å². The van der Waals surface area contributed by atoms with E-state index in [4.69, 9.17) is 4.74 Å². The fourth-order valence-electron chi connectivity index (χ4n) is 3.18. The summed E-state index contributed by atoms with van der Waals surface area (Å²) in [6.07, 6.45) is 2.63. The lowest BCUT2D eigenvalue weighted by Gasteiger charge is -2.23. The summed E-state index contributed by atoms with van der Waals surface area (Å²) in [7, 11) is 1.73. The molecule has 88 valence electrons. The van der Waals surface area contributed by atoms with E-state index in [2.05, 4.69) is 22.4 Å². The second-order valence-corrected chi connectivity index (χ2v) is 5.27. The monoisotopic (exact) mass is 228 g/mol. The molecule has 3 heteroatoms. The van der Waals surface area contributed by atoms with Crippen LogP contribution in [0, 0.1) is 0 Å². The third-order valence-corrected chi connectivity index (χ3v) is 4.23. The molecule has 0 amide bonds. The van der Waals surface area contributed by atoms with E-state index in [1.54, 1.807) is 12.7 Å². The van der Waals surface area contributed by atoms with E-state index < -0.39 is 0 Å². The number of aromatic nitrogens is 1. The van der Waals surface area contributed by atoms with Gasteiger partial charge in [-0.15, -0.1) is 0 Å². The number of rotatable bonds is 1. The van der Waals surface area contributed by atoms with Crippen LogP contribution in [0.1, 0.15) is 24.1 Å². The highest BCUT2D eigenvalue weighted by atomic mass is 16.5. The van der Waals surface area contributed by atoms with Gasteiger partial charge in [0.05, 0.1) is 7.11 Å². The second kappa shape index (κ2) is 3.05. The lowest BCUT2D eigenvalue weighted by molar-refractivity contribution is 0.415. The van der Waals surface area contributed by atoms with Crippen molar-refractivity contribution in [3.8, 4) is 5.75 Å². The van der Waals surface area contributed by atoms with Crippen LogP contribution >= 0.6 is 0 Å². The maximum atomic E-state index is 5.34. The third kappa shape index (κ3) is 1.20. The van der Waals surface area contributed by atoms with Crippen molar-refractivity contribution in [3.05, 3.63) is 29.5 Å². The summed E-state index contributed by atoms with van der Waals surface area (Å²) in [5, 5.41) is 4.88.